The molecular formula is C17H20N2O5S. The van der Waals surface area contributed by atoms with Gasteiger partial charge in [-0.05, 0) is 43.3 Å². The second-order valence-electron chi connectivity index (χ2n) is 5.24. The van der Waals surface area contributed by atoms with Crippen molar-refractivity contribution in [1.82, 2.24) is 4.72 Å². The predicted molar refractivity (Wildman–Crippen MR) is 94.4 cm³/mol. The molecule has 0 spiro atoms. The van der Waals surface area contributed by atoms with Gasteiger partial charge in [-0.1, -0.05) is 6.07 Å². The number of ether oxygens (including phenoxy) is 2. The van der Waals surface area contributed by atoms with Crippen molar-refractivity contribution >= 4 is 21.6 Å². The second-order valence-corrected chi connectivity index (χ2v) is 6.95. The van der Waals surface area contributed by atoms with Crippen LogP contribution in [0.25, 0.3) is 0 Å². The van der Waals surface area contributed by atoms with E-state index < -0.39 is 22.0 Å². The average Bonchev–Trinajstić information content (AvgIpc) is 2.61. The van der Waals surface area contributed by atoms with Gasteiger partial charge in [0.1, 0.15) is 11.5 Å². The fourth-order valence-corrected chi connectivity index (χ4v) is 3.26. The maximum atomic E-state index is 12.3. The number of carbonyl (C=O) groups excluding carboxylic acids is 1. The number of sulfonamides is 1. The maximum absolute atomic E-state index is 12.3. The molecule has 0 aliphatic carbocycles. The lowest BCUT2D eigenvalue weighted by Gasteiger charge is -2.15. The Hall–Kier alpha value is -2.58. The number of amides is 1. The predicted octanol–water partition coefficient (Wildman–Crippen LogP) is 2.01. The normalized spacial score (nSPS) is 12.3. The van der Waals surface area contributed by atoms with Gasteiger partial charge in [0.25, 0.3) is 0 Å². The second kappa shape index (κ2) is 8.00. The fraction of sp³-hybridized carbons (Fsp3) is 0.235. The summed E-state index contributed by atoms with van der Waals surface area (Å²) in [6.45, 7) is 1.47. The molecule has 8 heteroatoms. The topological polar surface area (TPSA) is 93.7 Å². The van der Waals surface area contributed by atoms with Crippen molar-refractivity contribution < 1.29 is 22.7 Å². The lowest BCUT2D eigenvalue weighted by molar-refractivity contribution is -0.117. The monoisotopic (exact) mass is 364 g/mol. The van der Waals surface area contributed by atoms with Crippen LogP contribution < -0.4 is 19.5 Å². The highest BCUT2D eigenvalue weighted by molar-refractivity contribution is 7.89. The molecule has 134 valence electrons. The molecule has 25 heavy (non-hydrogen) atoms. The first kappa shape index (κ1) is 18.8. The van der Waals surface area contributed by atoms with E-state index in [4.69, 9.17) is 9.47 Å². The third-order valence-corrected chi connectivity index (χ3v) is 4.99. The summed E-state index contributed by atoms with van der Waals surface area (Å²) in [5.74, 6) is 0.650. The van der Waals surface area contributed by atoms with Crippen LogP contribution in [0.4, 0.5) is 5.69 Å². The third-order valence-electron chi connectivity index (χ3n) is 3.43. The number of nitrogens with one attached hydrogen (secondary N) is 2. The summed E-state index contributed by atoms with van der Waals surface area (Å²) < 4.78 is 37.1. The molecule has 0 aromatic heterocycles. The van der Waals surface area contributed by atoms with Gasteiger partial charge < -0.3 is 14.8 Å². The van der Waals surface area contributed by atoms with Crippen LogP contribution in [0, 0.1) is 0 Å². The summed E-state index contributed by atoms with van der Waals surface area (Å²) in [4.78, 5) is 12.3. The summed E-state index contributed by atoms with van der Waals surface area (Å²) in [5.41, 5.74) is 0.514. The highest BCUT2D eigenvalue weighted by Gasteiger charge is 2.22. The van der Waals surface area contributed by atoms with Gasteiger partial charge in [0.05, 0.1) is 25.2 Å². The first-order chi connectivity index (χ1) is 11.9. The van der Waals surface area contributed by atoms with Crippen LogP contribution in [0.15, 0.2) is 53.4 Å². The Morgan fingerprint density at radius 3 is 2.24 bits per heavy atom. The summed E-state index contributed by atoms with van der Waals surface area (Å²) in [6.07, 6.45) is 0. The number of rotatable bonds is 7. The number of hydrogen-bond acceptors (Lipinski definition) is 5. The summed E-state index contributed by atoms with van der Waals surface area (Å²) >= 11 is 0. The van der Waals surface area contributed by atoms with E-state index in [0.29, 0.717) is 17.2 Å². The van der Waals surface area contributed by atoms with Crippen molar-refractivity contribution in [2.24, 2.45) is 0 Å². The molecule has 0 fully saturated rings. The van der Waals surface area contributed by atoms with E-state index in [1.807, 2.05) is 0 Å². The van der Waals surface area contributed by atoms with E-state index in [9.17, 15) is 13.2 Å². The van der Waals surface area contributed by atoms with Crippen LogP contribution in [-0.4, -0.2) is 34.6 Å². The van der Waals surface area contributed by atoms with Gasteiger partial charge >= 0.3 is 0 Å². The molecular weight excluding hydrogens is 344 g/mol. The first-order valence-corrected chi connectivity index (χ1v) is 8.95. The standard InChI is InChI=1S/C17H20N2O5S/c1-12(17(20)18-13-5-4-6-15(11-13)24-3)19-25(21,22)16-9-7-14(23-2)8-10-16/h4-12,19H,1-3H3,(H,18,20)/t12-/m0/s1. The van der Waals surface area contributed by atoms with Crippen LogP contribution >= 0.6 is 0 Å². The number of carbonyl (C=O) groups is 1. The van der Waals surface area contributed by atoms with Crippen LogP contribution in [0.2, 0.25) is 0 Å². The van der Waals surface area contributed by atoms with Crippen molar-refractivity contribution in [1.29, 1.82) is 0 Å². The molecule has 0 saturated carbocycles. The number of methoxy groups -OCH3 is 2. The summed E-state index contributed by atoms with van der Waals surface area (Å²) in [7, 11) is -0.813. The molecule has 2 aromatic carbocycles. The van der Waals surface area contributed by atoms with E-state index in [1.54, 1.807) is 24.3 Å². The molecule has 2 aromatic rings. The van der Waals surface area contributed by atoms with Gasteiger partial charge in [-0.2, -0.15) is 4.72 Å². The Kier molecular flexibility index (Phi) is 6.00. The van der Waals surface area contributed by atoms with Crippen molar-refractivity contribution in [3.05, 3.63) is 48.5 Å². The number of anilines is 1. The lowest BCUT2D eigenvalue weighted by atomic mass is 10.2. The van der Waals surface area contributed by atoms with Crippen molar-refractivity contribution in [3.8, 4) is 11.5 Å². The van der Waals surface area contributed by atoms with Crippen molar-refractivity contribution in [2.75, 3.05) is 19.5 Å². The molecule has 0 radical (unpaired) electrons. The molecule has 0 saturated heterocycles. The van der Waals surface area contributed by atoms with Gasteiger partial charge in [0.2, 0.25) is 15.9 Å². The molecule has 0 bridgehead atoms. The van der Waals surface area contributed by atoms with Crippen LogP contribution in [0.3, 0.4) is 0 Å². The molecule has 1 atom stereocenters. The van der Waals surface area contributed by atoms with Crippen LogP contribution in [-0.2, 0) is 14.8 Å². The molecule has 0 aliphatic rings. The minimum Gasteiger partial charge on any atom is -0.497 e. The summed E-state index contributed by atoms with van der Waals surface area (Å²) in [6, 6.07) is 11.7. The Bertz CT molecular complexity index is 834. The number of benzene rings is 2. The first-order valence-electron chi connectivity index (χ1n) is 7.47. The van der Waals surface area contributed by atoms with Gasteiger partial charge in [-0.15, -0.1) is 0 Å². The van der Waals surface area contributed by atoms with Gasteiger partial charge in [-0.3, -0.25) is 4.79 Å². The molecule has 0 heterocycles. The minimum atomic E-state index is -3.83. The highest BCUT2D eigenvalue weighted by atomic mass is 32.2. The van der Waals surface area contributed by atoms with E-state index in [-0.39, 0.29) is 4.90 Å². The smallest absolute Gasteiger partial charge is 0.242 e. The summed E-state index contributed by atoms with van der Waals surface area (Å²) in [5, 5.41) is 2.64. The Morgan fingerprint density at radius 1 is 1.00 bits per heavy atom. The SMILES string of the molecule is COc1ccc(S(=O)(=O)N[C@@H](C)C(=O)Nc2cccc(OC)c2)cc1. The van der Waals surface area contributed by atoms with E-state index in [0.717, 1.165) is 0 Å². The Labute approximate surface area is 147 Å². The molecule has 0 unspecified atom stereocenters. The minimum absolute atomic E-state index is 0.0503. The van der Waals surface area contributed by atoms with Crippen LogP contribution in [0.1, 0.15) is 6.92 Å². The third kappa shape index (κ3) is 4.94. The van der Waals surface area contributed by atoms with Crippen molar-refractivity contribution in [2.45, 2.75) is 17.9 Å². The van der Waals surface area contributed by atoms with E-state index in [1.165, 1.54) is 45.4 Å². The van der Waals surface area contributed by atoms with Crippen molar-refractivity contribution in [3.63, 3.8) is 0 Å². The zero-order chi connectivity index (χ0) is 18.4. The van der Waals surface area contributed by atoms with Gasteiger partial charge in [0, 0.05) is 11.8 Å². The van der Waals surface area contributed by atoms with Gasteiger partial charge in [-0.25, -0.2) is 8.42 Å². The maximum Gasteiger partial charge on any atom is 0.242 e. The quantitative estimate of drug-likeness (QED) is 0.784. The Morgan fingerprint density at radius 2 is 1.64 bits per heavy atom. The van der Waals surface area contributed by atoms with Gasteiger partial charge in [0.15, 0.2) is 0 Å². The Balaban J connectivity index is 2.05. The van der Waals surface area contributed by atoms with E-state index in [2.05, 4.69) is 10.0 Å². The molecule has 1 amide bonds. The molecule has 0 aliphatic heterocycles. The molecule has 2 N–H and O–H groups in total. The largest absolute Gasteiger partial charge is 0.497 e. The molecule has 2 rings (SSSR count). The fourth-order valence-electron chi connectivity index (χ4n) is 2.06. The lowest BCUT2D eigenvalue weighted by Crippen LogP contribution is -2.41. The zero-order valence-corrected chi connectivity index (χ0v) is 15.0. The molecule has 7 nitrogen and oxygen atoms in total. The van der Waals surface area contributed by atoms with E-state index >= 15 is 0 Å². The highest BCUT2D eigenvalue weighted by Crippen LogP contribution is 2.18. The average molecular weight is 364 g/mol. The number of hydrogen-bond donors (Lipinski definition) is 2. The zero-order valence-electron chi connectivity index (χ0n) is 14.1. The van der Waals surface area contributed by atoms with Crippen LogP contribution in [0.5, 0.6) is 11.5 Å².